The van der Waals surface area contributed by atoms with Crippen LogP contribution in [0.3, 0.4) is 0 Å². The zero-order valence-corrected chi connectivity index (χ0v) is 14.4. The predicted molar refractivity (Wildman–Crippen MR) is 96.2 cm³/mol. The summed E-state index contributed by atoms with van der Waals surface area (Å²) in [6.45, 7) is 0. The van der Waals surface area contributed by atoms with Gasteiger partial charge in [-0.1, -0.05) is 18.2 Å². The van der Waals surface area contributed by atoms with E-state index in [9.17, 15) is 9.18 Å². The number of para-hydroxylation sites is 1. The van der Waals surface area contributed by atoms with E-state index in [0.717, 1.165) is 21.8 Å². The molecule has 128 valence electrons. The minimum atomic E-state index is -0.408. The molecule has 0 saturated heterocycles. The Bertz CT molecular complexity index is 877. The first-order valence-electron chi connectivity index (χ1n) is 7.71. The van der Waals surface area contributed by atoms with E-state index in [4.69, 9.17) is 10.5 Å². The lowest BCUT2D eigenvalue weighted by molar-refractivity contribution is -0.118. The minimum Gasteiger partial charge on any atom is -0.496 e. The summed E-state index contributed by atoms with van der Waals surface area (Å²) in [7, 11) is 1.59. The molecule has 1 atom stereocenters. The molecule has 1 heterocycles. The van der Waals surface area contributed by atoms with Crippen molar-refractivity contribution in [2.24, 2.45) is 5.73 Å². The molecule has 1 aromatic heterocycles. The van der Waals surface area contributed by atoms with Crippen LogP contribution in [0.25, 0.3) is 11.3 Å². The maximum absolute atomic E-state index is 13.1. The second-order valence-electron chi connectivity index (χ2n) is 5.54. The average Bonchev–Trinajstić information content (AvgIpc) is 3.10. The summed E-state index contributed by atoms with van der Waals surface area (Å²) in [4.78, 5) is 16.2. The third kappa shape index (κ3) is 3.85. The fraction of sp³-hybridized carbons (Fsp3) is 0.158. The van der Waals surface area contributed by atoms with Crippen LogP contribution in [0.4, 0.5) is 4.39 Å². The lowest BCUT2D eigenvalue weighted by Crippen LogP contribution is -2.16. The van der Waals surface area contributed by atoms with Gasteiger partial charge < -0.3 is 10.5 Å². The van der Waals surface area contributed by atoms with E-state index < -0.39 is 5.91 Å². The zero-order valence-electron chi connectivity index (χ0n) is 13.6. The van der Waals surface area contributed by atoms with Gasteiger partial charge in [-0.3, -0.25) is 4.79 Å². The Morgan fingerprint density at radius 1 is 1.24 bits per heavy atom. The highest BCUT2D eigenvalue weighted by Gasteiger charge is 2.23. The van der Waals surface area contributed by atoms with Crippen LogP contribution >= 0.6 is 11.3 Å². The highest BCUT2D eigenvalue weighted by Crippen LogP contribution is 2.37. The molecule has 2 aromatic carbocycles. The molecule has 0 fully saturated rings. The van der Waals surface area contributed by atoms with Crippen LogP contribution in [0.5, 0.6) is 5.75 Å². The lowest BCUT2D eigenvalue weighted by Gasteiger charge is -2.16. The maximum Gasteiger partial charge on any atom is 0.218 e. The fourth-order valence-corrected chi connectivity index (χ4v) is 3.63. The second kappa shape index (κ2) is 7.44. The van der Waals surface area contributed by atoms with Crippen molar-refractivity contribution in [2.45, 2.75) is 12.3 Å². The van der Waals surface area contributed by atoms with Crippen molar-refractivity contribution in [1.82, 2.24) is 4.98 Å². The van der Waals surface area contributed by atoms with Crippen molar-refractivity contribution in [2.75, 3.05) is 7.11 Å². The lowest BCUT2D eigenvalue weighted by atomic mass is 9.95. The Morgan fingerprint density at radius 2 is 1.96 bits per heavy atom. The molecule has 0 radical (unpaired) electrons. The van der Waals surface area contributed by atoms with Gasteiger partial charge in [0, 0.05) is 28.8 Å². The summed E-state index contributed by atoms with van der Waals surface area (Å²) < 4.78 is 18.5. The summed E-state index contributed by atoms with van der Waals surface area (Å²) in [5, 5.41) is 2.66. The van der Waals surface area contributed by atoms with Crippen molar-refractivity contribution in [3.63, 3.8) is 0 Å². The number of hydrogen-bond acceptors (Lipinski definition) is 4. The van der Waals surface area contributed by atoms with Crippen molar-refractivity contribution in [3.8, 4) is 17.0 Å². The van der Waals surface area contributed by atoms with Crippen molar-refractivity contribution < 1.29 is 13.9 Å². The highest BCUT2D eigenvalue weighted by molar-refractivity contribution is 7.10. The minimum absolute atomic E-state index is 0.136. The largest absolute Gasteiger partial charge is 0.496 e. The van der Waals surface area contributed by atoms with E-state index in [1.165, 1.54) is 23.5 Å². The Kier molecular flexibility index (Phi) is 5.09. The Hall–Kier alpha value is -2.73. The second-order valence-corrected chi connectivity index (χ2v) is 6.43. The smallest absolute Gasteiger partial charge is 0.218 e. The van der Waals surface area contributed by atoms with Gasteiger partial charge in [0.15, 0.2) is 0 Å². The number of aromatic nitrogens is 1. The Balaban J connectivity index is 2.00. The third-order valence-corrected chi connectivity index (χ3v) is 4.84. The number of carbonyl (C=O) groups is 1. The molecular weight excluding hydrogens is 339 g/mol. The average molecular weight is 356 g/mol. The van der Waals surface area contributed by atoms with Gasteiger partial charge in [0.25, 0.3) is 0 Å². The van der Waals surface area contributed by atoms with Gasteiger partial charge in [-0.15, -0.1) is 11.3 Å². The molecule has 0 aliphatic heterocycles. The number of primary amides is 1. The number of amides is 1. The van der Waals surface area contributed by atoms with Gasteiger partial charge in [0.1, 0.15) is 16.6 Å². The maximum atomic E-state index is 13.1. The quantitative estimate of drug-likeness (QED) is 0.727. The Morgan fingerprint density at radius 3 is 2.64 bits per heavy atom. The van der Waals surface area contributed by atoms with Crippen LogP contribution in [-0.4, -0.2) is 18.0 Å². The zero-order chi connectivity index (χ0) is 17.8. The number of nitrogens with two attached hydrogens (primary N) is 1. The van der Waals surface area contributed by atoms with E-state index in [1.807, 2.05) is 29.6 Å². The highest BCUT2D eigenvalue weighted by atomic mass is 32.1. The fourth-order valence-electron chi connectivity index (χ4n) is 2.69. The van der Waals surface area contributed by atoms with Gasteiger partial charge in [-0.05, 0) is 30.3 Å². The first kappa shape index (κ1) is 17.1. The predicted octanol–water partition coefficient (Wildman–Crippen LogP) is 3.97. The van der Waals surface area contributed by atoms with Gasteiger partial charge in [-0.25, -0.2) is 9.37 Å². The molecule has 1 unspecified atom stereocenters. The summed E-state index contributed by atoms with van der Waals surface area (Å²) >= 11 is 1.44. The van der Waals surface area contributed by atoms with E-state index >= 15 is 0 Å². The van der Waals surface area contributed by atoms with Gasteiger partial charge in [0.2, 0.25) is 5.91 Å². The summed E-state index contributed by atoms with van der Waals surface area (Å²) in [6.07, 6.45) is 0.136. The number of ether oxygens (including phenoxy) is 1. The van der Waals surface area contributed by atoms with Gasteiger partial charge in [0.05, 0.1) is 12.8 Å². The molecule has 6 heteroatoms. The molecule has 4 nitrogen and oxygen atoms in total. The molecule has 3 rings (SSSR count). The topological polar surface area (TPSA) is 65.2 Å². The normalized spacial score (nSPS) is 11.9. The SMILES string of the molecule is COc1ccccc1C(CC(N)=O)c1nc(-c2ccc(F)cc2)cs1. The van der Waals surface area contributed by atoms with Crippen LogP contribution in [0.2, 0.25) is 0 Å². The molecule has 0 bridgehead atoms. The summed E-state index contributed by atoms with van der Waals surface area (Å²) in [6, 6.07) is 13.7. The molecule has 0 aliphatic rings. The first-order valence-corrected chi connectivity index (χ1v) is 8.59. The van der Waals surface area contributed by atoms with E-state index in [-0.39, 0.29) is 18.2 Å². The number of benzene rings is 2. The molecule has 2 N–H and O–H groups in total. The molecule has 1 amide bonds. The van der Waals surface area contributed by atoms with E-state index in [2.05, 4.69) is 4.98 Å². The number of hydrogen-bond donors (Lipinski definition) is 1. The number of thiazole rings is 1. The van der Waals surface area contributed by atoms with Gasteiger partial charge >= 0.3 is 0 Å². The number of carbonyl (C=O) groups excluding carboxylic acids is 1. The van der Waals surface area contributed by atoms with Crippen LogP contribution < -0.4 is 10.5 Å². The third-order valence-electron chi connectivity index (χ3n) is 3.88. The van der Waals surface area contributed by atoms with E-state index in [1.54, 1.807) is 19.2 Å². The number of methoxy groups -OCH3 is 1. The number of halogens is 1. The van der Waals surface area contributed by atoms with Gasteiger partial charge in [-0.2, -0.15) is 0 Å². The number of rotatable bonds is 6. The molecule has 3 aromatic rings. The van der Waals surface area contributed by atoms with Crippen LogP contribution in [0.15, 0.2) is 53.9 Å². The summed E-state index contributed by atoms with van der Waals surface area (Å²) in [5.41, 5.74) is 7.88. The van der Waals surface area contributed by atoms with E-state index in [0.29, 0.717) is 5.75 Å². The van der Waals surface area contributed by atoms with Crippen molar-refractivity contribution >= 4 is 17.2 Å². The van der Waals surface area contributed by atoms with Crippen molar-refractivity contribution in [1.29, 1.82) is 0 Å². The van der Waals surface area contributed by atoms with Crippen LogP contribution in [-0.2, 0) is 4.79 Å². The molecular formula is C19H17FN2O2S. The van der Waals surface area contributed by atoms with Crippen LogP contribution in [0.1, 0.15) is 22.9 Å². The molecule has 25 heavy (non-hydrogen) atoms. The monoisotopic (exact) mass is 356 g/mol. The first-order chi connectivity index (χ1) is 12.1. The molecule has 0 saturated carbocycles. The summed E-state index contributed by atoms with van der Waals surface area (Å²) in [5.74, 6) is -0.297. The standard InChI is InChI=1S/C19H17FN2O2S/c1-24-17-5-3-2-4-14(17)15(10-18(21)23)19-22-16(11-25-19)12-6-8-13(20)9-7-12/h2-9,11,15H,10H2,1H3,(H2,21,23). The van der Waals surface area contributed by atoms with Crippen molar-refractivity contribution in [3.05, 3.63) is 70.3 Å². The molecule has 0 spiro atoms. The van der Waals surface area contributed by atoms with Crippen LogP contribution in [0, 0.1) is 5.82 Å². The Labute approximate surface area is 149 Å². The number of nitrogens with zero attached hydrogens (tertiary/aromatic N) is 1. The molecule has 0 aliphatic carbocycles.